The van der Waals surface area contributed by atoms with E-state index in [1.54, 1.807) is 18.3 Å². The maximum atomic E-state index is 13.1. The van der Waals surface area contributed by atoms with Gasteiger partial charge in [-0.05, 0) is 35.4 Å². The van der Waals surface area contributed by atoms with Crippen molar-refractivity contribution in [3.8, 4) is 22.9 Å². The van der Waals surface area contributed by atoms with Crippen molar-refractivity contribution in [3.05, 3.63) is 51.8 Å². The van der Waals surface area contributed by atoms with Crippen molar-refractivity contribution in [3.63, 3.8) is 0 Å². The van der Waals surface area contributed by atoms with Crippen molar-refractivity contribution < 1.29 is 18.3 Å². The fourth-order valence-corrected chi connectivity index (χ4v) is 4.49. The van der Waals surface area contributed by atoms with Crippen LogP contribution in [0.5, 0.6) is 11.6 Å². The molecule has 4 rings (SSSR count). The summed E-state index contributed by atoms with van der Waals surface area (Å²) in [6, 6.07) is 6.71. The third kappa shape index (κ3) is 3.13. The summed E-state index contributed by atoms with van der Waals surface area (Å²) >= 11 is 0. The number of fused-ring (bicyclic) bond motifs is 5. The SMILES string of the molecule is COc1cc(=O)c2c(n1C)-c1cc(OC(F)F)c3ncccc3c1C[C@@H]2C(C)(C)C. The van der Waals surface area contributed by atoms with E-state index >= 15 is 0 Å². The van der Waals surface area contributed by atoms with Gasteiger partial charge in [0, 0.05) is 35.8 Å². The van der Waals surface area contributed by atoms with E-state index in [2.05, 4.69) is 25.8 Å². The van der Waals surface area contributed by atoms with Gasteiger partial charge in [-0.1, -0.05) is 26.8 Å². The Labute approximate surface area is 173 Å². The van der Waals surface area contributed by atoms with Gasteiger partial charge < -0.3 is 14.0 Å². The van der Waals surface area contributed by atoms with Crippen molar-refractivity contribution in [2.24, 2.45) is 12.5 Å². The lowest BCUT2D eigenvalue weighted by Crippen LogP contribution is -2.31. The molecule has 0 bridgehead atoms. The molecule has 0 radical (unpaired) electrons. The minimum absolute atomic E-state index is 0.00484. The van der Waals surface area contributed by atoms with Gasteiger partial charge in [0.1, 0.15) is 5.52 Å². The molecule has 7 heteroatoms. The van der Waals surface area contributed by atoms with E-state index in [-0.39, 0.29) is 22.5 Å². The van der Waals surface area contributed by atoms with E-state index in [0.29, 0.717) is 34.6 Å². The Morgan fingerprint density at radius 1 is 1.27 bits per heavy atom. The van der Waals surface area contributed by atoms with E-state index in [1.807, 2.05) is 17.7 Å². The minimum Gasteiger partial charge on any atom is -0.482 e. The van der Waals surface area contributed by atoms with Crippen LogP contribution < -0.4 is 14.9 Å². The summed E-state index contributed by atoms with van der Waals surface area (Å²) in [6.45, 7) is 3.33. The molecule has 0 fully saturated rings. The first kappa shape index (κ1) is 20.3. The molecule has 2 aromatic heterocycles. The van der Waals surface area contributed by atoms with Crippen LogP contribution in [0.25, 0.3) is 22.2 Å². The van der Waals surface area contributed by atoms with Crippen LogP contribution in [-0.2, 0) is 13.5 Å². The summed E-state index contributed by atoms with van der Waals surface area (Å²) in [4.78, 5) is 17.4. The number of hydrogen-bond donors (Lipinski definition) is 0. The Bertz CT molecular complexity index is 1200. The molecule has 2 heterocycles. The zero-order valence-electron chi connectivity index (χ0n) is 17.6. The molecule has 0 saturated heterocycles. The Balaban J connectivity index is 2.15. The number of halogens is 2. The lowest BCUT2D eigenvalue weighted by molar-refractivity contribution is -0.0489. The summed E-state index contributed by atoms with van der Waals surface area (Å²) in [7, 11) is 3.31. The van der Waals surface area contributed by atoms with Gasteiger partial charge in [-0.3, -0.25) is 9.78 Å². The first-order valence-corrected chi connectivity index (χ1v) is 9.77. The van der Waals surface area contributed by atoms with Crippen molar-refractivity contribution in [2.45, 2.75) is 39.7 Å². The fourth-order valence-electron chi connectivity index (χ4n) is 4.49. The molecule has 0 N–H and O–H groups in total. The van der Waals surface area contributed by atoms with Gasteiger partial charge in [-0.25, -0.2) is 0 Å². The van der Waals surface area contributed by atoms with Gasteiger partial charge in [-0.15, -0.1) is 0 Å². The second-order valence-electron chi connectivity index (χ2n) is 8.67. The van der Waals surface area contributed by atoms with E-state index in [4.69, 9.17) is 9.47 Å². The van der Waals surface area contributed by atoms with Crippen LogP contribution in [-0.4, -0.2) is 23.3 Å². The topological polar surface area (TPSA) is 53.4 Å². The van der Waals surface area contributed by atoms with Crippen molar-refractivity contribution in [2.75, 3.05) is 7.11 Å². The number of aromatic nitrogens is 2. The maximum absolute atomic E-state index is 13.1. The summed E-state index contributed by atoms with van der Waals surface area (Å²) in [5.41, 5.74) is 3.08. The quantitative estimate of drug-likeness (QED) is 0.612. The highest BCUT2D eigenvalue weighted by atomic mass is 19.3. The summed E-state index contributed by atoms with van der Waals surface area (Å²) in [5, 5.41) is 0.751. The van der Waals surface area contributed by atoms with Crippen LogP contribution in [0, 0.1) is 5.41 Å². The number of alkyl halides is 2. The predicted molar refractivity (Wildman–Crippen MR) is 112 cm³/mol. The van der Waals surface area contributed by atoms with Gasteiger partial charge in [-0.2, -0.15) is 8.78 Å². The first-order valence-electron chi connectivity index (χ1n) is 9.77. The molecule has 0 unspecified atom stereocenters. The second kappa shape index (κ2) is 7.07. The van der Waals surface area contributed by atoms with Gasteiger partial charge in [0.2, 0.25) is 0 Å². The molecular formula is C23H24F2N2O3. The molecule has 3 aromatic rings. The molecule has 5 nitrogen and oxygen atoms in total. The van der Waals surface area contributed by atoms with Crippen molar-refractivity contribution in [1.82, 2.24) is 9.55 Å². The number of benzene rings is 1. The van der Waals surface area contributed by atoms with Gasteiger partial charge in [0.25, 0.3) is 0 Å². The number of pyridine rings is 2. The number of rotatable bonds is 3. The smallest absolute Gasteiger partial charge is 0.387 e. The number of hydrogen-bond acceptors (Lipinski definition) is 4. The zero-order chi connectivity index (χ0) is 21.8. The molecule has 158 valence electrons. The molecule has 1 aliphatic carbocycles. The Morgan fingerprint density at radius 3 is 2.63 bits per heavy atom. The minimum atomic E-state index is -2.98. The van der Waals surface area contributed by atoms with Crippen LogP contribution in [0.3, 0.4) is 0 Å². The molecular weight excluding hydrogens is 390 g/mol. The molecule has 1 aliphatic rings. The van der Waals surface area contributed by atoms with Crippen LogP contribution in [0.1, 0.15) is 37.8 Å². The molecule has 1 atom stereocenters. The Kier molecular flexibility index (Phi) is 4.79. The fraction of sp³-hybridized carbons (Fsp3) is 0.391. The van der Waals surface area contributed by atoms with Crippen LogP contribution in [0.15, 0.2) is 35.3 Å². The Morgan fingerprint density at radius 2 is 2.00 bits per heavy atom. The molecule has 0 spiro atoms. The maximum Gasteiger partial charge on any atom is 0.387 e. The lowest BCUT2D eigenvalue weighted by atomic mass is 9.68. The highest BCUT2D eigenvalue weighted by Crippen LogP contribution is 2.49. The van der Waals surface area contributed by atoms with E-state index in [9.17, 15) is 13.6 Å². The van der Waals surface area contributed by atoms with Crippen molar-refractivity contribution >= 4 is 10.9 Å². The molecule has 1 aromatic carbocycles. The summed E-state index contributed by atoms with van der Waals surface area (Å²) < 4.78 is 38.3. The standard InChI is InChI=1S/C23H24F2N2O3/c1-23(2,3)15-9-13-12-7-6-8-26-20(12)17(30-22(24)25)10-14(13)21-19(15)16(28)11-18(29-5)27(21)4/h6-8,10-11,15,22H,9H2,1-5H3/t15-/m0/s1. The number of nitrogens with zero attached hydrogens (tertiary/aromatic N) is 2. The van der Waals surface area contributed by atoms with Gasteiger partial charge >= 0.3 is 6.61 Å². The average molecular weight is 414 g/mol. The third-order valence-corrected chi connectivity index (χ3v) is 5.89. The second-order valence-corrected chi connectivity index (χ2v) is 8.67. The van der Waals surface area contributed by atoms with E-state index < -0.39 is 6.61 Å². The van der Waals surface area contributed by atoms with Gasteiger partial charge in [0.05, 0.1) is 12.8 Å². The average Bonchev–Trinajstić information content (AvgIpc) is 2.68. The summed E-state index contributed by atoms with van der Waals surface area (Å²) in [6.07, 6.45) is 2.16. The van der Waals surface area contributed by atoms with Crippen LogP contribution >= 0.6 is 0 Å². The first-order chi connectivity index (χ1) is 14.1. The zero-order valence-corrected chi connectivity index (χ0v) is 17.6. The monoisotopic (exact) mass is 414 g/mol. The Hall–Kier alpha value is -2.96. The molecule has 30 heavy (non-hydrogen) atoms. The normalized spacial score (nSPS) is 15.8. The van der Waals surface area contributed by atoms with Gasteiger partial charge in [0.15, 0.2) is 17.1 Å². The predicted octanol–water partition coefficient (Wildman–Crippen LogP) is 4.90. The molecule has 0 saturated carbocycles. The van der Waals surface area contributed by atoms with Crippen molar-refractivity contribution in [1.29, 1.82) is 0 Å². The third-order valence-electron chi connectivity index (χ3n) is 5.89. The highest BCUT2D eigenvalue weighted by molar-refractivity contribution is 5.95. The largest absolute Gasteiger partial charge is 0.482 e. The molecule has 0 aliphatic heterocycles. The lowest BCUT2D eigenvalue weighted by Gasteiger charge is -2.37. The number of methoxy groups -OCH3 is 1. The van der Waals surface area contributed by atoms with Crippen LogP contribution in [0.2, 0.25) is 0 Å². The molecule has 0 amide bonds. The number of ether oxygens (including phenoxy) is 2. The van der Waals surface area contributed by atoms with E-state index in [0.717, 1.165) is 10.9 Å². The van der Waals surface area contributed by atoms with Crippen LogP contribution in [0.4, 0.5) is 8.78 Å². The summed E-state index contributed by atoms with van der Waals surface area (Å²) in [5.74, 6) is 0.339. The van der Waals surface area contributed by atoms with E-state index in [1.165, 1.54) is 13.2 Å². The highest BCUT2D eigenvalue weighted by Gasteiger charge is 2.38.